The summed E-state index contributed by atoms with van der Waals surface area (Å²) in [4.78, 5) is 10.2. The van der Waals surface area contributed by atoms with Crippen molar-refractivity contribution in [2.45, 2.75) is 64.7 Å². The molecule has 0 heterocycles. The van der Waals surface area contributed by atoms with Gasteiger partial charge in [0.25, 0.3) is 0 Å². The number of hydrogen-bond acceptors (Lipinski definition) is 2. The molecular weight excluding hydrogens is 204 g/mol. The molecule has 0 aliphatic rings. The Hall–Kier alpha value is -0.570. The van der Waals surface area contributed by atoms with Crippen LogP contribution in [0.15, 0.2) is 0 Å². The minimum absolute atomic E-state index is 0.301. The van der Waals surface area contributed by atoms with Crippen LogP contribution in [0.5, 0.6) is 0 Å². The molecule has 0 bridgehead atoms. The van der Waals surface area contributed by atoms with Gasteiger partial charge in [-0.15, -0.1) is 0 Å². The van der Waals surface area contributed by atoms with Gasteiger partial charge < -0.3 is 10.2 Å². The Labute approximate surface area is 98.9 Å². The third kappa shape index (κ3) is 11.5. The van der Waals surface area contributed by atoms with Crippen molar-refractivity contribution in [1.29, 1.82) is 0 Å². The molecule has 2 N–H and O–H groups in total. The first-order chi connectivity index (χ1) is 7.66. The lowest BCUT2D eigenvalue weighted by Crippen LogP contribution is -1.99. The van der Waals surface area contributed by atoms with Crippen molar-refractivity contribution < 1.29 is 15.0 Å². The molecule has 0 saturated carbocycles. The number of hydrogen-bond donors (Lipinski definition) is 2. The minimum atomic E-state index is -0.682. The monoisotopic (exact) mass is 230 g/mol. The highest BCUT2D eigenvalue weighted by molar-refractivity contribution is 5.66. The van der Waals surface area contributed by atoms with E-state index in [9.17, 15) is 4.79 Å². The van der Waals surface area contributed by atoms with Crippen LogP contribution in [-0.4, -0.2) is 22.8 Å². The second-order valence-electron chi connectivity index (χ2n) is 4.70. The molecule has 1 atom stereocenters. The van der Waals surface area contributed by atoms with Crippen LogP contribution in [0, 0.1) is 5.92 Å². The first kappa shape index (κ1) is 15.4. The smallest absolute Gasteiger partial charge is 0.303 e. The third-order valence-corrected chi connectivity index (χ3v) is 2.90. The van der Waals surface area contributed by atoms with Crippen LogP contribution in [-0.2, 0) is 4.79 Å². The van der Waals surface area contributed by atoms with Crippen molar-refractivity contribution in [3.05, 3.63) is 0 Å². The highest BCUT2D eigenvalue weighted by Crippen LogP contribution is 2.12. The van der Waals surface area contributed by atoms with E-state index in [0.717, 1.165) is 25.7 Å². The van der Waals surface area contributed by atoms with Gasteiger partial charge in [-0.1, -0.05) is 45.4 Å². The summed E-state index contributed by atoms with van der Waals surface area (Å²) in [6.07, 6.45) is 9.35. The van der Waals surface area contributed by atoms with E-state index in [0.29, 0.717) is 18.9 Å². The summed E-state index contributed by atoms with van der Waals surface area (Å²) in [5.41, 5.74) is 0. The zero-order valence-corrected chi connectivity index (χ0v) is 10.5. The van der Waals surface area contributed by atoms with E-state index in [1.54, 1.807) is 0 Å². The first-order valence-corrected chi connectivity index (χ1v) is 6.49. The van der Waals surface area contributed by atoms with Crippen LogP contribution in [0.2, 0.25) is 0 Å². The summed E-state index contributed by atoms with van der Waals surface area (Å²) in [7, 11) is 0. The zero-order valence-electron chi connectivity index (χ0n) is 10.5. The third-order valence-electron chi connectivity index (χ3n) is 2.90. The maximum Gasteiger partial charge on any atom is 0.303 e. The second kappa shape index (κ2) is 10.9. The second-order valence-corrected chi connectivity index (χ2v) is 4.70. The number of aliphatic hydroxyl groups is 1. The lowest BCUT2D eigenvalue weighted by Gasteiger charge is -2.06. The lowest BCUT2D eigenvalue weighted by atomic mass is 10.0. The van der Waals surface area contributed by atoms with Crippen LogP contribution in [0.1, 0.15) is 64.7 Å². The van der Waals surface area contributed by atoms with Gasteiger partial charge in [0, 0.05) is 13.0 Å². The Kier molecular flexibility index (Phi) is 10.5. The van der Waals surface area contributed by atoms with E-state index in [1.165, 1.54) is 25.7 Å². The van der Waals surface area contributed by atoms with Gasteiger partial charge in [-0.05, 0) is 18.8 Å². The van der Waals surface area contributed by atoms with Crippen molar-refractivity contribution in [3.8, 4) is 0 Å². The van der Waals surface area contributed by atoms with Crippen LogP contribution in [0.25, 0.3) is 0 Å². The summed E-state index contributed by atoms with van der Waals surface area (Å²) in [6.45, 7) is 2.38. The van der Waals surface area contributed by atoms with Gasteiger partial charge >= 0.3 is 5.97 Å². The number of aliphatic hydroxyl groups excluding tert-OH is 1. The quantitative estimate of drug-likeness (QED) is 0.536. The molecule has 16 heavy (non-hydrogen) atoms. The highest BCUT2D eigenvalue weighted by Gasteiger charge is 1.99. The van der Waals surface area contributed by atoms with Crippen molar-refractivity contribution in [3.63, 3.8) is 0 Å². The Bertz CT molecular complexity index is 169. The summed E-state index contributed by atoms with van der Waals surface area (Å²) in [5, 5.41) is 17.3. The standard InChI is InChI=1S/C13H26O3/c1-12(11-14)9-7-5-3-2-4-6-8-10-13(15)16/h12,14H,2-11H2,1H3,(H,15,16). The summed E-state index contributed by atoms with van der Waals surface area (Å²) in [6, 6.07) is 0. The molecule has 96 valence electrons. The lowest BCUT2D eigenvalue weighted by molar-refractivity contribution is -0.137. The molecule has 0 aliphatic carbocycles. The SMILES string of the molecule is CC(CO)CCCCCCCCCC(=O)O. The fourth-order valence-corrected chi connectivity index (χ4v) is 1.74. The zero-order chi connectivity index (χ0) is 12.2. The molecule has 0 radical (unpaired) electrons. The number of unbranched alkanes of at least 4 members (excludes halogenated alkanes) is 6. The van der Waals surface area contributed by atoms with Crippen LogP contribution >= 0.6 is 0 Å². The van der Waals surface area contributed by atoms with Gasteiger partial charge in [0.2, 0.25) is 0 Å². The molecule has 0 aromatic carbocycles. The molecule has 0 aromatic rings. The summed E-state index contributed by atoms with van der Waals surface area (Å²) < 4.78 is 0. The molecule has 0 fully saturated rings. The highest BCUT2D eigenvalue weighted by atomic mass is 16.4. The number of rotatable bonds is 11. The van der Waals surface area contributed by atoms with Crippen LogP contribution in [0.4, 0.5) is 0 Å². The van der Waals surface area contributed by atoms with E-state index in [2.05, 4.69) is 6.92 Å². The molecule has 3 nitrogen and oxygen atoms in total. The van der Waals surface area contributed by atoms with Crippen molar-refractivity contribution >= 4 is 5.97 Å². The first-order valence-electron chi connectivity index (χ1n) is 6.49. The van der Waals surface area contributed by atoms with E-state index in [1.807, 2.05) is 0 Å². The van der Waals surface area contributed by atoms with Crippen molar-refractivity contribution in [2.75, 3.05) is 6.61 Å². The molecule has 0 aromatic heterocycles. The molecule has 3 heteroatoms. The molecule has 0 aliphatic heterocycles. The average molecular weight is 230 g/mol. The Morgan fingerprint density at radius 3 is 2.00 bits per heavy atom. The number of aliphatic carboxylic acids is 1. The maximum absolute atomic E-state index is 10.2. The fourth-order valence-electron chi connectivity index (χ4n) is 1.74. The predicted molar refractivity (Wildman–Crippen MR) is 65.4 cm³/mol. The molecule has 0 amide bonds. The van der Waals surface area contributed by atoms with Gasteiger partial charge in [-0.3, -0.25) is 4.79 Å². The normalized spacial score (nSPS) is 12.6. The minimum Gasteiger partial charge on any atom is -0.481 e. The maximum atomic E-state index is 10.2. The summed E-state index contributed by atoms with van der Waals surface area (Å²) in [5.74, 6) is -0.242. The summed E-state index contributed by atoms with van der Waals surface area (Å²) >= 11 is 0. The predicted octanol–water partition coefficient (Wildman–Crippen LogP) is 3.21. The molecule has 0 spiro atoms. The Balaban J connectivity index is 3.01. The van der Waals surface area contributed by atoms with Gasteiger partial charge in [-0.25, -0.2) is 0 Å². The van der Waals surface area contributed by atoms with E-state index in [-0.39, 0.29) is 0 Å². The van der Waals surface area contributed by atoms with Crippen molar-refractivity contribution in [2.24, 2.45) is 5.92 Å². The number of carboxylic acids is 1. The number of carboxylic acid groups (broad SMARTS) is 1. The van der Waals surface area contributed by atoms with Gasteiger partial charge in [-0.2, -0.15) is 0 Å². The van der Waals surface area contributed by atoms with Crippen LogP contribution < -0.4 is 0 Å². The van der Waals surface area contributed by atoms with E-state index < -0.39 is 5.97 Å². The largest absolute Gasteiger partial charge is 0.481 e. The van der Waals surface area contributed by atoms with E-state index in [4.69, 9.17) is 10.2 Å². The Morgan fingerprint density at radius 2 is 1.50 bits per heavy atom. The molecule has 0 saturated heterocycles. The number of carbonyl (C=O) groups is 1. The van der Waals surface area contributed by atoms with Gasteiger partial charge in [0.05, 0.1) is 0 Å². The molecule has 0 rings (SSSR count). The topological polar surface area (TPSA) is 57.5 Å². The van der Waals surface area contributed by atoms with Crippen LogP contribution in [0.3, 0.4) is 0 Å². The average Bonchev–Trinajstić information content (AvgIpc) is 2.26. The molecule has 1 unspecified atom stereocenters. The van der Waals surface area contributed by atoms with Gasteiger partial charge in [0.15, 0.2) is 0 Å². The molecular formula is C13H26O3. The van der Waals surface area contributed by atoms with Crippen molar-refractivity contribution in [1.82, 2.24) is 0 Å². The Morgan fingerprint density at radius 1 is 1.00 bits per heavy atom. The van der Waals surface area contributed by atoms with Gasteiger partial charge in [0.1, 0.15) is 0 Å². The fraction of sp³-hybridized carbons (Fsp3) is 0.923. The van der Waals surface area contributed by atoms with E-state index >= 15 is 0 Å².